The minimum absolute atomic E-state index is 0.594. The van der Waals surface area contributed by atoms with Crippen LogP contribution in [0.4, 0.5) is 0 Å². The Kier molecular flexibility index (Phi) is 6.59. The summed E-state index contributed by atoms with van der Waals surface area (Å²) in [5.41, 5.74) is 2.92. The van der Waals surface area contributed by atoms with Crippen molar-refractivity contribution >= 4 is 27.7 Å². The second-order valence-corrected chi connectivity index (χ2v) is 10.1. The molecular formula is C22H29BrN4S. The summed E-state index contributed by atoms with van der Waals surface area (Å²) >= 11 is 5.46. The smallest absolute Gasteiger partial charge is 0.195 e. The molecule has 1 aliphatic carbocycles. The Hall–Kier alpha value is -1.11. The molecule has 28 heavy (non-hydrogen) atoms. The van der Waals surface area contributed by atoms with E-state index >= 15 is 0 Å². The molecule has 0 amide bonds. The molecule has 4 nitrogen and oxygen atoms in total. The van der Waals surface area contributed by atoms with Gasteiger partial charge in [0.05, 0.1) is 0 Å². The zero-order valence-corrected chi connectivity index (χ0v) is 19.2. The molecule has 1 fully saturated rings. The van der Waals surface area contributed by atoms with Crippen molar-refractivity contribution in [1.29, 1.82) is 0 Å². The van der Waals surface area contributed by atoms with Gasteiger partial charge >= 0.3 is 0 Å². The van der Waals surface area contributed by atoms with Crippen LogP contribution in [0.25, 0.3) is 0 Å². The van der Waals surface area contributed by atoms with Gasteiger partial charge in [-0.2, -0.15) is 0 Å². The van der Waals surface area contributed by atoms with Crippen LogP contribution in [0.5, 0.6) is 0 Å². The van der Waals surface area contributed by atoms with Gasteiger partial charge in [-0.1, -0.05) is 65.2 Å². The molecule has 0 saturated heterocycles. The fourth-order valence-corrected chi connectivity index (χ4v) is 5.62. The molecule has 2 aliphatic rings. The quantitative estimate of drug-likeness (QED) is 0.537. The van der Waals surface area contributed by atoms with Crippen LogP contribution in [0.1, 0.15) is 61.9 Å². The van der Waals surface area contributed by atoms with Crippen molar-refractivity contribution in [2.45, 2.75) is 63.1 Å². The Morgan fingerprint density at radius 2 is 2.07 bits per heavy atom. The normalized spacial score (nSPS) is 19.0. The zero-order valence-electron chi connectivity index (χ0n) is 16.8. The summed E-state index contributed by atoms with van der Waals surface area (Å²) in [4.78, 5) is 3.81. The van der Waals surface area contributed by atoms with E-state index < -0.39 is 0 Å². The topological polar surface area (TPSA) is 34.0 Å². The lowest BCUT2D eigenvalue weighted by Crippen LogP contribution is -2.30. The first-order valence-corrected chi connectivity index (χ1v) is 12.0. The molecule has 0 spiro atoms. The number of benzene rings is 1. The van der Waals surface area contributed by atoms with E-state index in [4.69, 9.17) is 0 Å². The fraction of sp³-hybridized carbons (Fsp3) is 0.545. The van der Waals surface area contributed by atoms with Gasteiger partial charge < -0.3 is 4.57 Å². The molecule has 1 saturated carbocycles. The average molecular weight is 461 g/mol. The van der Waals surface area contributed by atoms with Gasteiger partial charge in [0.1, 0.15) is 5.82 Å². The van der Waals surface area contributed by atoms with E-state index in [0.717, 1.165) is 31.2 Å². The van der Waals surface area contributed by atoms with Crippen LogP contribution in [0.3, 0.4) is 0 Å². The number of hydrogen-bond acceptors (Lipinski definition) is 4. The number of halogens is 1. The number of thioether (sulfide) groups is 1. The second kappa shape index (κ2) is 9.14. The summed E-state index contributed by atoms with van der Waals surface area (Å²) in [5.74, 6) is 1.77. The minimum atomic E-state index is 0.594. The lowest BCUT2D eigenvalue weighted by molar-refractivity contribution is 0.281. The van der Waals surface area contributed by atoms with Crippen molar-refractivity contribution in [3.8, 4) is 0 Å². The highest BCUT2D eigenvalue weighted by molar-refractivity contribution is 9.10. The van der Waals surface area contributed by atoms with E-state index in [-0.39, 0.29) is 0 Å². The molecule has 2 heterocycles. The maximum absolute atomic E-state index is 4.53. The van der Waals surface area contributed by atoms with Crippen LogP contribution in [-0.4, -0.2) is 32.8 Å². The average Bonchev–Trinajstić information content (AvgIpc) is 3.08. The molecule has 0 radical (unpaired) electrons. The summed E-state index contributed by atoms with van der Waals surface area (Å²) in [7, 11) is 2.12. The summed E-state index contributed by atoms with van der Waals surface area (Å²) < 4.78 is 3.45. The SMILES string of the molecule is C/C(=C\CN1CCc2cccc(Br)c2C1)Sc1nnc(C2CCCCC2)n1C. The number of hydrogen-bond donors (Lipinski definition) is 0. The summed E-state index contributed by atoms with van der Waals surface area (Å²) in [6.45, 7) is 5.30. The standard InChI is InChI=1S/C22H29BrN4S/c1-16(11-13-27-14-12-17-9-6-10-20(23)19(17)15-27)28-22-25-24-21(26(22)2)18-7-4-3-5-8-18/h6,9-11,18H,3-5,7-8,12-15H2,1-2H3/b16-11+. The monoisotopic (exact) mass is 460 g/mol. The molecule has 1 aromatic heterocycles. The summed E-state index contributed by atoms with van der Waals surface area (Å²) in [6, 6.07) is 6.55. The molecule has 4 rings (SSSR count). The van der Waals surface area contributed by atoms with Crippen LogP contribution in [-0.2, 0) is 20.0 Å². The third-order valence-corrected chi connectivity index (χ3v) is 7.79. The second-order valence-electron chi connectivity index (χ2n) is 8.01. The Morgan fingerprint density at radius 3 is 2.89 bits per heavy atom. The molecule has 0 atom stereocenters. The zero-order chi connectivity index (χ0) is 19.5. The third kappa shape index (κ3) is 4.55. The highest BCUT2D eigenvalue weighted by atomic mass is 79.9. The van der Waals surface area contributed by atoms with Gasteiger partial charge in [-0.15, -0.1) is 10.2 Å². The summed E-state index contributed by atoms with van der Waals surface area (Å²) in [6.07, 6.45) is 10.0. The van der Waals surface area contributed by atoms with Gasteiger partial charge in [-0.3, -0.25) is 4.90 Å². The van der Waals surface area contributed by atoms with Gasteiger partial charge in [0.15, 0.2) is 5.16 Å². The predicted molar refractivity (Wildman–Crippen MR) is 120 cm³/mol. The molecule has 0 unspecified atom stereocenters. The maximum atomic E-state index is 4.53. The van der Waals surface area contributed by atoms with E-state index in [1.165, 1.54) is 58.4 Å². The number of fused-ring (bicyclic) bond motifs is 1. The first-order chi connectivity index (χ1) is 13.6. The Morgan fingerprint density at radius 1 is 1.25 bits per heavy atom. The molecule has 150 valence electrons. The van der Waals surface area contributed by atoms with E-state index in [2.05, 4.69) is 73.8 Å². The number of allylic oxidation sites excluding steroid dienone is 1. The van der Waals surface area contributed by atoms with E-state index in [1.807, 2.05) is 0 Å². The fourth-order valence-electron chi connectivity index (χ4n) is 4.33. The predicted octanol–water partition coefficient (Wildman–Crippen LogP) is 5.68. The number of rotatable bonds is 5. The maximum Gasteiger partial charge on any atom is 0.195 e. The highest BCUT2D eigenvalue weighted by Crippen LogP contribution is 2.34. The van der Waals surface area contributed by atoms with Gasteiger partial charge in [0.25, 0.3) is 0 Å². The first kappa shape index (κ1) is 20.2. The Labute approximate surface area is 180 Å². The molecule has 0 bridgehead atoms. The van der Waals surface area contributed by atoms with Crippen molar-refractivity contribution in [2.24, 2.45) is 7.05 Å². The van der Waals surface area contributed by atoms with Crippen molar-refractivity contribution in [1.82, 2.24) is 19.7 Å². The van der Waals surface area contributed by atoms with E-state index in [1.54, 1.807) is 11.8 Å². The summed E-state index contributed by atoms with van der Waals surface area (Å²) in [5, 5.41) is 10.0. The van der Waals surface area contributed by atoms with Crippen LogP contribution in [0.2, 0.25) is 0 Å². The van der Waals surface area contributed by atoms with E-state index in [9.17, 15) is 0 Å². The van der Waals surface area contributed by atoms with Crippen LogP contribution < -0.4 is 0 Å². The Balaban J connectivity index is 1.36. The number of aromatic nitrogens is 3. The van der Waals surface area contributed by atoms with Crippen LogP contribution >= 0.6 is 27.7 Å². The molecule has 6 heteroatoms. The molecule has 0 N–H and O–H groups in total. The van der Waals surface area contributed by atoms with Gasteiger partial charge in [0.2, 0.25) is 0 Å². The first-order valence-electron chi connectivity index (χ1n) is 10.3. The molecular weight excluding hydrogens is 432 g/mol. The van der Waals surface area contributed by atoms with Gasteiger partial charge in [-0.25, -0.2) is 0 Å². The minimum Gasteiger partial charge on any atom is -0.309 e. The van der Waals surface area contributed by atoms with Crippen LogP contribution in [0.15, 0.2) is 38.8 Å². The van der Waals surface area contributed by atoms with Crippen LogP contribution in [0, 0.1) is 0 Å². The van der Waals surface area contributed by atoms with Crippen molar-refractivity contribution in [2.75, 3.05) is 13.1 Å². The Bertz CT molecular complexity index is 854. The van der Waals surface area contributed by atoms with Crippen molar-refractivity contribution in [3.05, 3.63) is 50.6 Å². The van der Waals surface area contributed by atoms with E-state index in [0.29, 0.717) is 5.92 Å². The number of nitrogens with zero attached hydrogens (tertiary/aromatic N) is 4. The third-order valence-electron chi connectivity index (χ3n) is 6.02. The highest BCUT2D eigenvalue weighted by Gasteiger charge is 2.22. The van der Waals surface area contributed by atoms with Crippen molar-refractivity contribution in [3.63, 3.8) is 0 Å². The lowest BCUT2D eigenvalue weighted by atomic mass is 9.89. The van der Waals surface area contributed by atoms with Gasteiger partial charge in [-0.05, 0) is 48.3 Å². The lowest BCUT2D eigenvalue weighted by Gasteiger charge is -2.28. The molecule has 1 aliphatic heterocycles. The van der Waals surface area contributed by atoms with Crippen molar-refractivity contribution < 1.29 is 0 Å². The largest absolute Gasteiger partial charge is 0.309 e. The molecule has 1 aromatic carbocycles. The van der Waals surface area contributed by atoms with Gasteiger partial charge in [0, 0.05) is 37.1 Å². The molecule has 2 aromatic rings.